The van der Waals surface area contributed by atoms with Gasteiger partial charge in [-0.15, -0.1) is 0 Å². The van der Waals surface area contributed by atoms with Gasteiger partial charge in [0.2, 0.25) is 0 Å². The fourth-order valence-corrected chi connectivity index (χ4v) is 2.15. The molecule has 2 N–H and O–H groups in total. The highest BCUT2D eigenvalue weighted by Gasteiger charge is 2.17. The number of hydrogen-bond donors (Lipinski definition) is 1. The van der Waals surface area contributed by atoms with Crippen LogP contribution in [0, 0.1) is 11.6 Å². The molecule has 0 aliphatic carbocycles. The SMILES string of the molecule is CN(CCc1ccncc1)c1ccc(C(N)=S)c(F)c1F. The van der Waals surface area contributed by atoms with Crippen LogP contribution in [0.2, 0.25) is 0 Å². The summed E-state index contributed by atoms with van der Waals surface area (Å²) in [6, 6.07) is 6.67. The summed E-state index contributed by atoms with van der Waals surface area (Å²) in [6.07, 6.45) is 4.11. The van der Waals surface area contributed by atoms with E-state index in [0.29, 0.717) is 13.0 Å². The third kappa shape index (κ3) is 3.52. The van der Waals surface area contributed by atoms with Gasteiger partial charge in [-0.3, -0.25) is 4.98 Å². The molecule has 3 nitrogen and oxygen atoms in total. The number of rotatable bonds is 5. The average molecular weight is 307 g/mol. The molecule has 21 heavy (non-hydrogen) atoms. The third-order valence-electron chi connectivity index (χ3n) is 3.22. The van der Waals surface area contributed by atoms with E-state index in [2.05, 4.69) is 17.2 Å². The lowest BCUT2D eigenvalue weighted by molar-refractivity contribution is 0.506. The monoisotopic (exact) mass is 307 g/mol. The van der Waals surface area contributed by atoms with Crippen LogP contribution in [0.1, 0.15) is 11.1 Å². The molecule has 0 saturated carbocycles. The van der Waals surface area contributed by atoms with E-state index in [1.807, 2.05) is 12.1 Å². The standard InChI is InChI=1S/C15H15F2N3S/c1-20(9-6-10-4-7-19-8-5-10)12-3-2-11(15(18)21)13(16)14(12)17/h2-5,7-8H,6,9H2,1H3,(H2,18,21). The molecule has 2 rings (SSSR count). The zero-order valence-corrected chi connectivity index (χ0v) is 12.3. The van der Waals surface area contributed by atoms with Gasteiger partial charge >= 0.3 is 0 Å². The number of benzene rings is 1. The molecule has 0 spiro atoms. The number of nitrogens with zero attached hydrogens (tertiary/aromatic N) is 2. The summed E-state index contributed by atoms with van der Waals surface area (Å²) in [6.45, 7) is 0.548. The Morgan fingerprint density at radius 1 is 1.19 bits per heavy atom. The normalized spacial score (nSPS) is 10.4. The maximum Gasteiger partial charge on any atom is 0.182 e. The van der Waals surface area contributed by atoms with Gasteiger partial charge in [0.25, 0.3) is 0 Å². The Hall–Kier alpha value is -2.08. The lowest BCUT2D eigenvalue weighted by Gasteiger charge is -2.20. The van der Waals surface area contributed by atoms with Crippen molar-refractivity contribution in [3.05, 3.63) is 59.4 Å². The molecular formula is C15H15F2N3S. The van der Waals surface area contributed by atoms with Gasteiger partial charge in [0, 0.05) is 31.5 Å². The number of hydrogen-bond acceptors (Lipinski definition) is 3. The Morgan fingerprint density at radius 2 is 1.86 bits per heavy atom. The van der Waals surface area contributed by atoms with Crippen molar-refractivity contribution in [2.75, 3.05) is 18.5 Å². The van der Waals surface area contributed by atoms with E-state index in [0.717, 1.165) is 5.56 Å². The number of likely N-dealkylation sites (N-methyl/N-ethyl adjacent to an activating group) is 1. The second-order valence-corrected chi connectivity index (χ2v) is 5.09. The van der Waals surface area contributed by atoms with Gasteiger partial charge in [-0.05, 0) is 36.2 Å². The first kappa shape index (κ1) is 15.3. The number of pyridine rings is 1. The molecule has 0 aliphatic rings. The van der Waals surface area contributed by atoms with E-state index in [4.69, 9.17) is 5.73 Å². The Kier molecular flexibility index (Phi) is 4.80. The molecule has 2 aromatic rings. The van der Waals surface area contributed by atoms with Gasteiger partial charge in [0.15, 0.2) is 11.6 Å². The molecule has 0 atom stereocenters. The largest absolute Gasteiger partial charge is 0.389 e. The number of anilines is 1. The Bertz CT molecular complexity index is 647. The van der Waals surface area contributed by atoms with E-state index in [1.165, 1.54) is 12.1 Å². The number of thiocarbonyl (C=S) groups is 1. The van der Waals surface area contributed by atoms with Crippen LogP contribution < -0.4 is 10.6 Å². The average Bonchev–Trinajstić information content (AvgIpc) is 2.48. The Labute approximate surface area is 127 Å². The molecular weight excluding hydrogens is 292 g/mol. The van der Waals surface area contributed by atoms with Crippen LogP contribution in [0.5, 0.6) is 0 Å². The van der Waals surface area contributed by atoms with E-state index in [1.54, 1.807) is 24.3 Å². The summed E-state index contributed by atoms with van der Waals surface area (Å²) < 4.78 is 27.9. The zero-order valence-electron chi connectivity index (χ0n) is 11.5. The Morgan fingerprint density at radius 3 is 2.48 bits per heavy atom. The molecule has 0 radical (unpaired) electrons. The molecule has 1 aromatic heterocycles. The first-order valence-electron chi connectivity index (χ1n) is 6.38. The highest BCUT2D eigenvalue weighted by molar-refractivity contribution is 7.80. The van der Waals surface area contributed by atoms with Crippen molar-refractivity contribution in [1.29, 1.82) is 0 Å². The molecule has 0 bridgehead atoms. The third-order valence-corrected chi connectivity index (χ3v) is 3.44. The molecule has 110 valence electrons. The lowest BCUT2D eigenvalue weighted by Crippen LogP contribution is -2.23. The number of aromatic nitrogens is 1. The summed E-state index contributed by atoms with van der Waals surface area (Å²) in [5.74, 6) is -1.94. The molecule has 0 aliphatic heterocycles. The summed E-state index contributed by atoms with van der Waals surface area (Å²) in [7, 11) is 1.71. The molecule has 0 unspecified atom stereocenters. The van der Waals surface area contributed by atoms with Crippen LogP contribution in [-0.2, 0) is 6.42 Å². The van der Waals surface area contributed by atoms with Crippen LogP contribution in [0.3, 0.4) is 0 Å². The van der Waals surface area contributed by atoms with Gasteiger partial charge in [-0.25, -0.2) is 8.78 Å². The van der Waals surface area contributed by atoms with Crippen molar-refractivity contribution in [1.82, 2.24) is 4.98 Å². The first-order chi connectivity index (χ1) is 10.0. The highest BCUT2D eigenvalue weighted by Crippen LogP contribution is 2.23. The number of nitrogens with two attached hydrogens (primary N) is 1. The van der Waals surface area contributed by atoms with Crippen molar-refractivity contribution in [3.8, 4) is 0 Å². The van der Waals surface area contributed by atoms with Crippen LogP contribution in [0.25, 0.3) is 0 Å². The summed E-state index contributed by atoms with van der Waals surface area (Å²) in [5, 5.41) is 0. The molecule has 1 heterocycles. The molecule has 1 aromatic carbocycles. The minimum Gasteiger partial charge on any atom is -0.389 e. The van der Waals surface area contributed by atoms with E-state index >= 15 is 0 Å². The molecule has 0 fully saturated rings. The predicted octanol–water partition coefficient (Wildman–Crippen LogP) is 2.67. The van der Waals surface area contributed by atoms with Crippen molar-refractivity contribution in [2.45, 2.75) is 6.42 Å². The van der Waals surface area contributed by atoms with Crippen LogP contribution in [0.4, 0.5) is 14.5 Å². The fraction of sp³-hybridized carbons (Fsp3) is 0.200. The van der Waals surface area contributed by atoms with E-state index in [9.17, 15) is 8.78 Å². The zero-order chi connectivity index (χ0) is 15.4. The van der Waals surface area contributed by atoms with Gasteiger partial charge < -0.3 is 10.6 Å². The maximum atomic E-state index is 14.1. The van der Waals surface area contributed by atoms with Gasteiger partial charge in [-0.2, -0.15) is 0 Å². The van der Waals surface area contributed by atoms with E-state index < -0.39 is 11.6 Å². The number of halogens is 2. The Balaban J connectivity index is 2.14. The maximum absolute atomic E-state index is 14.1. The van der Waals surface area contributed by atoms with Crippen LogP contribution in [-0.4, -0.2) is 23.6 Å². The smallest absolute Gasteiger partial charge is 0.182 e. The quantitative estimate of drug-likeness (QED) is 0.863. The van der Waals surface area contributed by atoms with Crippen molar-refractivity contribution < 1.29 is 8.78 Å². The summed E-state index contributed by atoms with van der Waals surface area (Å²) in [4.78, 5) is 5.44. The molecule has 0 saturated heterocycles. The summed E-state index contributed by atoms with van der Waals surface area (Å²) in [5.41, 5.74) is 6.54. The van der Waals surface area contributed by atoms with E-state index in [-0.39, 0.29) is 16.2 Å². The minimum atomic E-state index is -1.00. The van der Waals surface area contributed by atoms with Crippen molar-refractivity contribution in [2.24, 2.45) is 5.73 Å². The molecule has 6 heteroatoms. The fourth-order valence-electron chi connectivity index (χ4n) is 1.99. The minimum absolute atomic E-state index is 0.0752. The van der Waals surface area contributed by atoms with Crippen molar-refractivity contribution >= 4 is 22.9 Å². The second kappa shape index (κ2) is 6.58. The van der Waals surface area contributed by atoms with Crippen LogP contribution >= 0.6 is 12.2 Å². The summed E-state index contributed by atoms with van der Waals surface area (Å²) >= 11 is 4.68. The van der Waals surface area contributed by atoms with Crippen LogP contribution in [0.15, 0.2) is 36.7 Å². The topological polar surface area (TPSA) is 42.2 Å². The predicted molar refractivity (Wildman–Crippen MR) is 83.5 cm³/mol. The van der Waals surface area contributed by atoms with Gasteiger partial charge in [-0.1, -0.05) is 12.2 Å². The van der Waals surface area contributed by atoms with Gasteiger partial charge in [0.1, 0.15) is 4.99 Å². The van der Waals surface area contributed by atoms with Crippen molar-refractivity contribution in [3.63, 3.8) is 0 Å². The van der Waals surface area contributed by atoms with Gasteiger partial charge in [0.05, 0.1) is 5.69 Å². The first-order valence-corrected chi connectivity index (χ1v) is 6.79. The molecule has 0 amide bonds. The lowest BCUT2D eigenvalue weighted by atomic mass is 10.1. The highest BCUT2D eigenvalue weighted by atomic mass is 32.1. The second-order valence-electron chi connectivity index (χ2n) is 4.65.